The third kappa shape index (κ3) is 2.58. The van der Waals surface area contributed by atoms with E-state index in [1.54, 1.807) is 0 Å². The lowest BCUT2D eigenvalue weighted by Gasteiger charge is -2.04. The number of ether oxygens (including phenoxy) is 1. The smallest absolute Gasteiger partial charge is 0.309 e. The summed E-state index contributed by atoms with van der Waals surface area (Å²) in [6, 6.07) is 10.3. The molecule has 0 aliphatic carbocycles. The summed E-state index contributed by atoms with van der Waals surface area (Å²) in [7, 11) is 0. The number of aryl methyl sites for hydroxylation is 1. The predicted octanol–water partition coefficient (Wildman–Crippen LogP) is 2.57. The fourth-order valence-corrected chi connectivity index (χ4v) is 2.06. The van der Waals surface area contributed by atoms with Crippen LogP contribution in [0.3, 0.4) is 0 Å². The van der Waals surface area contributed by atoms with E-state index < -0.39 is 0 Å². The highest BCUT2D eigenvalue weighted by atomic mass is 16.5. The number of hydrogen-bond donors (Lipinski definition) is 0. The highest BCUT2D eigenvalue weighted by Crippen LogP contribution is 2.25. The largest absolute Gasteiger partial charge is 0.462 e. The average molecular weight is 204 g/mol. The number of rotatable bonds is 3. The van der Waals surface area contributed by atoms with Gasteiger partial charge in [0.15, 0.2) is 0 Å². The van der Waals surface area contributed by atoms with Gasteiger partial charge < -0.3 is 4.74 Å². The first-order chi connectivity index (χ1) is 7.25. The van der Waals surface area contributed by atoms with Crippen LogP contribution in [-0.4, -0.2) is 12.1 Å². The average Bonchev–Trinajstić information content (AvgIpc) is 2.56. The van der Waals surface area contributed by atoms with Gasteiger partial charge in [0.2, 0.25) is 0 Å². The third-order valence-electron chi connectivity index (χ3n) is 2.89. The van der Waals surface area contributed by atoms with Crippen LogP contribution in [0.4, 0.5) is 0 Å². The Kier molecular flexibility index (Phi) is 3.05. The summed E-state index contributed by atoms with van der Waals surface area (Å²) in [5.41, 5.74) is 1.30. The van der Waals surface area contributed by atoms with Crippen molar-refractivity contribution in [2.75, 3.05) is 0 Å². The number of esters is 1. The summed E-state index contributed by atoms with van der Waals surface area (Å²) in [6.45, 7) is 1.96. The Bertz CT molecular complexity index is 332. The van der Waals surface area contributed by atoms with Gasteiger partial charge in [0.1, 0.15) is 0 Å². The van der Waals surface area contributed by atoms with Crippen molar-refractivity contribution in [3.05, 3.63) is 35.9 Å². The molecule has 1 saturated heterocycles. The second-order valence-electron chi connectivity index (χ2n) is 4.20. The van der Waals surface area contributed by atoms with Crippen molar-refractivity contribution in [1.29, 1.82) is 0 Å². The van der Waals surface area contributed by atoms with E-state index in [-0.39, 0.29) is 18.0 Å². The monoisotopic (exact) mass is 204 g/mol. The third-order valence-corrected chi connectivity index (χ3v) is 2.89. The molecule has 0 radical (unpaired) electrons. The Morgan fingerprint density at radius 2 is 2.07 bits per heavy atom. The van der Waals surface area contributed by atoms with Crippen molar-refractivity contribution < 1.29 is 9.53 Å². The number of carbonyl (C=O) groups excluding carboxylic acids is 1. The van der Waals surface area contributed by atoms with E-state index in [1.165, 1.54) is 5.56 Å². The van der Waals surface area contributed by atoms with Crippen LogP contribution in [0, 0.1) is 5.92 Å². The van der Waals surface area contributed by atoms with Gasteiger partial charge in [-0.05, 0) is 31.7 Å². The summed E-state index contributed by atoms with van der Waals surface area (Å²) in [4.78, 5) is 11.4. The van der Waals surface area contributed by atoms with Gasteiger partial charge in [-0.25, -0.2) is 0 Å². The molecule has 0 spiro atoms. The van der Waals surface area contributed by atoms with E-state index in [9.17, 15) is 4.79 Å². The molecule has 1 unspecified atom stereocenters. The zero-order valence-corrected chi connectivity index (χ0v) is 8.98. The van der Waals surface area contributed by atoms with Crippen molar-refractivity contribution >= 4 is 5.97 Å². The molecule has 0 N–H and O–H groups in total. The van der Waals surface area contributed by atoms with Gasteiger partial charge in [-0.15, -0.1) is 0 Å². The summed E-state index contributed by atoms with van der Waals surface area (Å²) < 4.78 is 5.12. The first-order valence-electron chi connectivity index (χ1n) is 5.50. The molecule has 1 aliphatic rings. The molecule has 0 saturated carbocycles. The summed E-state index contributed by atoms with van der Waals surface area (Å²) >= 11 is 0. The van der Waals surface area contributed by atoms with Crippen LogP contribution in [0.5, 0.6) is 0 Å². The second kappa shape index (κ2) is 4.47. The minimum absolute atomic E-state index is 0.0153. The maximum absolute atomic E-state index is 11.4. The summed E-state index contributed by atoms with van der Waals surface area (Å²) in [5.74, 6) is 0.0960. The van der Waals surface area contributed by atoms with Crippen molar-refractivity contribution in [2.24, 2.45) is 5.92 Å². The fourth-order valence-electron chi connectivity index (χ4n) is 2.06. The Labute approximate surface area is 90.3 Å². The predicted molar refractivity (Wildman–Crippen MR) is 58.4 cm³/mol. The molecule has 2 nitrogen and oxygen atoms in total. The number of cyclic esters (lactones) is 1. The maximum Gasteiger partial charge on any atom is 0.309 e. The Hall–Kier alpha value is -1.31. The molecular formula is C13H16O2. The van der Waals surface area contributed by atoms with Gasteiger partial charge in [-0.3, -0.25) is 4.79 Å². The number of hydrogen-bond acceptors (Lipinski definition) is 2. The van der Waals surface area contributed by atoms with Crippen molar-refractivity contribution in [3.63, 3.8) is 0 Å². The maximum atomic E-state index is 11.4. The molecule has 2 rings (SSSR count). The van der Waals surface area contributed by atoms with Crippen LogP contribution in [0.1, 0.15) is 25.3 Å². The van der Waals surface area contributed by atoms with Gasteiger partial charge in [0.05, 0.1) is 12.0 Å². The Balaban J connectivity index is 1.86. The van der Waals surface area contributed by atoms with E-state index in [4.69, 9.17) is 4.74 Å². The lowest BCUT2D eigenvalue weighted by Crippen LogP contribution is -2.08. The topological polar surface area (TPSA) is 26.3 Å². The quantitative estimate of drug-likeness (QED) is 0.707. The molecule has 0 bridgehead atoms. The lowest BCUT2D eigenvalue weighted by molar-refractivity contribution is -0.143. The van der Waals surface area contributed by atoms with Crippen molar-refractivity contribution in [2.45, 2.75) is 32.3 Å². The number of carbonyl (C=O) groups is 1. The lowest BCUT2D eigenvalue weighted by atomic mass is 9.97. The molecular weight excluding hydrogens is 188 g/mol. The zero-order chi connectivity index (χ0) is 10.7. The molecule has 1 aliphatic heterocycles. The van der Waals surface area contributed by atoms with E-state index in [1.807, 2.05) is 25.1 Å². The van der Waals surface area contributed by atoms with Crippen LogP contribution in [0.15, 0.2) is 30.3 Å². The first-order valence-corrected chi connectivity index (χ1v) is 5.50. The molecule has 2 heteroatoms. The summed E-state index contributed by atoms with van der Waals surface area (Å²) in [5, 5.41) is 0. The molecule has 0 aromatic heterocycles. The zero-order valence-electron chi connectivity index (χ0n) is 8.98. The van der Waals surface area contributed by atoms with E-state index in [2.05, 4.69) is 12.1 Å². The van der Waals surface area contributed by atoms with Gasteiger partial charge in [-0.1, -0.05) is 30.3 Å². The second-order valence-corrected chi connectivity index (χ2v) is 4.20. The van der Waals surface area contributed by atoms with Crippen molar-refractivity contribution in [1.82, 2.24) is 0 Å². The highest BCUT2D eigenvalue weighted by Gasteiger charge is 2.30. The Morgan fingerprint density at radius 1 is 1.33 bits per heavy atom. The van der Waals surface area contributed by atoms with E-state index in [0.717, 1.165) is 19.3 Å². The normalized spacial score (nSPS) is 25.3. The van der Waals surface area contributed by atoms with Gasteiger partial charge in [-0.2, -0.15) is 0 Å². The first kappa shape index (κ1) is 10.2. The van der Waals surface area contributed by atoms with Crippen LogP contribution in [0.25, 0.3) is 0 Å². The molecule has 1 heterocycles. The molecule has 1 aromatic carbocycles. The van der Waals surface area contributed by atoms with Crippen molar-refractivity contribution in [3.8, 4) is 0 Å². The molecule has 1 fully saturated rings. The van der Waals surface area contributed by atoms with Crippen LogP contribution in [0.2, 0.25) is 0 Å². The SMILES string of the molecule is CC1C[C@@H](CCc2ccccc2)C(=O)O1. The number of benzene rings is 1. The highest BCUT2D eigenvalue weighted by molar-refractivity contribution is 5.74. The molecule has 0 amide bonds. The van der Waals surface area contributed by atoms with Crippen LogP contribution in [-0.2, 0) is 16.0 Å². The van der Waals surface area contributed by atoms with Gasteiger partial charge >= 0.3 is 5.97 Å². The minimum atomic E-state index is -0.0153. The van der Waals surface area contributed by atoms with Crippen LogP contribution >= 0.6 is 0 Å². The molecule has 1 aromatic rings. The van der Waals surface area contributed by atoms with Crippen LogP contribution < -0.4 is 0 Å². The fraction of sp³-hybridized carbons (Fsp3) is 0.462. The molecule has 80 valence electrons. The standard InChI is InChI=1S/C13H16O2/c1-10-9-12(13(14)15-10)8-7-11-5-3-2-4-6-11/h2-6,10,12H,7-9H2,1H3/t10?,12-/m1/s1. The molecule has 2 atom stereocenters. The van der Waals surface area contributed by atoms with Gasteiger partial charge in [0, 0.05) is 0 Å². The summed E-state index contributed by atoms with van der Waals surface area (Å²) in [6.07, 6.45) is 2.87. The van der Waals surface area contributed by atoms with Gasteiger partial charge in [0.25, 0.3) is 0 Å². The minimum Gasteiger partial charge on any atom is -0.462 e. The van der Waals surface area contributed by atoms with E-state index in [0.29, 0.717) is 0 Å². The molecule has 15 heavy (non-hydrogen) atoms. The van der Waals surface area contributed by atoms with E-state index >= 15 is 0 Å². The Morgan fingerprint density at radius 3 is 2.67 bits per heavy atom.